The van der Waals surface area contributed by atoms with Gasteiger partial charge in [-0.3, -0.25) is 0 Å². The predicted molar refractivity (Wildman–Crippen MR) is 79.3 cm³/mol. The van der Waals surface area contributed by atoms with Gasteiger partial charge >= 0.3 is 0 Å². The van der Waals surface area contributed by atoms with Gasteiger partial charge in [-0.2, -0.15) is 0 Å². The first-order valence-corrected chi connectivity index (χ1v) is 6.73. The van der Waals surface area contributed by atoms with E-state index in [0.717, 1.165) is 11.3 Å². The molecule has 0 saturated heterocycles. The number of rotatable bonds is 4. The van der Waals surface area contributed by atoms with Gasteiger partial charge in [-0.1, -0.05) is 55.8 Å². The van der Waals surface area contributed by atoms with Crippen molar-refractivity contribution in [2.45, 2.75) is 26.3 Å². The largest absolute Gasteiger partial charge is 0.381 e. The molecule has 0 atom stereocenters. The maximum absolute atomic E-state index is 13.4. The van der Waals surface area contributed by atoms with Gasteiger partial charge in [-0.25, -0.2) is 4.39 Å². The minimum Gasteiger partial charge on any atom is -0.381 e. The van der Waals surface area contributed by atoms with Crippen molar-refractivity contribution in [2.24, 2.45) is 0 Å². The van der Waals surface area contributed by atoms with Crippen molar-refractivity contribution in [3.05, 3.63) is 64.4 Å². The van der Waals surface area contributed by atoms with Crippen LogP contribution >= 0.6 is 11.6 Å². The molecule has 0 aliphatic rings. The molecule has 0 amide bonds. The van der Waals surface area contributed by atoms with Crippen LogP contribution in [0.15, 0.2) is 42.5 Å². The number of hydrogen-bond donors (Lipinski definition) is 1. The average Bonchev–Trinajstić information content (AvgIpc) is 2.40. The second kappa shape index (κ2) is 6.07. The Bertz CT molecular complexity index is 566. The fraction of sp³-hybridized carbons (Fsp3) is 0.250. The monoisotopic (exact) mass is 277 g/mol. The van der Waals surface area contributed by atoms with Gasteiger partial charge in [-0.15, -0.1) is 0 Å². The SMILES string of the molecule is CC(C)c1ccccc1NCc1cccc(F)c1Cl. The maximum Gasteiger partial charge on any atom is 0.142 e. The highest BCUT2D eigenvalue weighted by Crippen LogP contribution is 2.25. The van der Waals surface area contributed by atoms with Crippen molar-refractivity contribution in [2.75, 3.05) is 5.32 Å². The number of hydrogen-bond acceptors (Lipinski definition) is 1. The van der Waals surface area contributed by atoms with Crippen molar-refractivity contribution in [3.8, 4) is 0 Å². The molecule has 0 aromatic heterocycles. The fourth-order valence-corrected chi connectivity index (χ4v) is 2.23. The molecule has 3 heteroatoms. The Balaban J connectivity index is 2.17. The molecule has 1 N–H and O–H groups in total. The summed E-state index contributed by atoms with van der Waals surface area (Å²) in [6.07, 6.45) is 0. The van der Waals surface area contributed by atoms with Crippen molar-refractivity contribution < 1.29 is 4.39 Å². The number of halogens is 2. The molecule has 0 fully saturated rings. The van der Waals surface area contributed by atoms with Gasteiger partial charge in [0.1, 0.15) is 5.82 Å². The molecule has 100 valence electrons. The number of nitrogens with one attached hydrogen (secondary N) is 1. The molecule has 0 heterocycles. The Morgan fingerprint density at radius 3 is 2.58 bits per heavy atom. The fourth-order valence-electron chi connectivity index (χ4n) is 2.04. The first-order chi connectivity index (χ1) is 9.09. The lowest BCUT2D eigenvalue weighted by atomic mass is 10.0. The van der Waals surface area contributed by atoms with Crippen LogP contribution in [0.25, 0.3) is 0 Å². The molecule has 2 aromatic rings. The summed E-state index contributed by atoms with van der Waals surface area (Å²) in [5.41, 5.74) is 3.08. The summed E-state index contributed by atoms with van der Waals surface area (Å²) in [6.45, 7) is 4.81. The first-order valence-electron chi connectivity index (χ1n) is 6.35. The molecule has 0 aliphatic carbocycles. The highest BCUT2D eigenvalue weighted by molar-refractivity contribution is 6.31. The van der Waals surface area contributed by atoms with Crippen LogP contribution in [0.5, 0.6) is 0 Å². The lowest BCUT2D eigenvalue weighted by molar-refractivity contribution is 0.626. The van der Waals surface area contributed by atoms with Gasteiger partial charge in [0, 0.05) is 12.2 Å². The highest BCUT2D eigenvalue weighted by Gasteiger charge is 2.08. The molecule has 0 unspecified atom stereocenters. The van der Waals surface area contributed by atoms with Crippen LogP contribution in [0.3, 0.4) is 0 Å². The summed E-state index contributed by atoms with van der Waals surface area (Å²) in [6, 6.07) is 13.0. The molecule has 0 aliphatic heterocycles. The van der Waals surface area contributed by atoms with Crippen LogP contribution in [0.2, 0.25) is 5.02 Å². The van der Waals surface area contributed by atoms with Gasteiger partial charge in [0.25, 0.3) is 0 Å². The van der Waals surface area contributed by atoms with E-state index >= 15 is 0 Å². The summed E-state index contributed by atoms with van der Waals surface area (Å²) in [4.78, 5) is 0. The van der Waals surface area contributed by atoms with E-state index in [2.05, 4.69) is 25.2 Å². The molecule has 2 aromatic carbocycles. The number of anilines is 1. The van der Waals surface area contributed by atoms with Gasteiger partial charge in [0.05, 0.1) is 5.02 Å². The minimum atomic E-state index is -0.377. The van der Waals surface area contributed by atoms with Crippen molar-refractivity contribution >= 4 is 17.3 Å². The third-order valence-corrected chi connectivity index (χ3v) is 3.51. The lowest BCUT2D eigenvalue weighted by Crippen LogP contribution is -2.04. The van der Waals surface area contributed by atoms with Crippen molar-refractivity contribution in [1.82, 2.24) is 0 Å². The third-order valence-electron chi connectivity index (χ3n) is 3.08. The molecule has 19 heavy (non-hydrogen) atoms. The lowest BCUT2D eigenvalue weighted by Gasteiger charge is -2.15. The third kappa shape index (κ3) is 3.27. The second-order valence-corrected chi connectivity index (χ2v) is 5.19. The molecule has 1 nitrogen and oxygen atoms in total. The van der Waals surface area contributed by atoms with Crippen molar-refractivity contribution in [3.63, 3.8) is 0 Å². The zero-order valence-corrected chi connectivity index (χ0v) is 11.8. The Morgan fingerprint density at radius 2 is 1.84 bits per heavy atom. The van der Waals surface area contributed by atoms with E-state index in [1.165, 1.54) is 11.6 Å². The zero-order chi connectivity index (χ0) is 13.8. The topological polar surface area (TPSA) is 12.0 Å². The number of para-hydroxylation sites is 1. The maximum atomic E-state index is 13.4. The standard InChI is InChI=1S/C16H17ClFN/c1-11(2)13-7-3-4-9-15(13)19-10-12-6-5-8-14(18)16(12)17/h3-9,11,19H,10H2,1-2H3. The Kier molecular flexibility index (Phi) is 4.43. The van der Waals surface area contributed by atoms with Crippen LogP contribution in [0, 0.1) is 5.82 Å². The van der Waals surface area contributed by atoms with E-state index < -0.39 is 0 Å². The Morgan fingerprint density at radius 1 is 1.11 bits per heavy atom. The summed E-state index contributed by atoms with van der Waals surface area (Å²) >= 11 is 5.95. The zero-order valence-electron chi connectivity index (χ0n) is 11.1. The summed E-state index contributed by atoms with van der Waals surface area (Å²) < 4.78 is 13.4. The van der Waals surface area contributed by atoms with Gasteiger partial charge in [-0.05, 0) is 29.2 Å². The van der Waals surface area contributed by atoms with Crippen LogP contribution in [-0.4, -0.2) is 0 Å². The van der Waals surface area contributed by atoms with E-state index in [1.807, 2.05) is 24.3 Å². The van der Waals surface area contributed by atoms with E-state index in [9.17, 15) is 4.39 Å². The molecule has 0 radical (unpaired) electrons. The summed E-state index contributed by atoms with van der Waals surface area (Å²) in [5.74, 6) is 0.0600. The van der Waals surface area contributed by atoms with Crippen LogP contribution in [0.4, 0.5) is 10.1 Å². The molecule has 0 spiro atoms. The quantitative estimate of drug-likeness (QED) is 0.808. The molecule has 0 saturated carbocycles. The average molecular weight is 278 g/mol. The first kappa shape index (κ1) is 13.9. The summed E-state index contributed by atoms with van der Waals surface area (Å²) in [7, 11) is 0. The smallest absolute Gasteiger partial charge is 0.142 e. The van der Waals surface area contributed by atoms with Gasteiger partial charge < -0.3 is 5.32 Å². The van der Waals surface area contributed by atoms with Gasteiger partial charge in [0.15, 0.2) is 0 Å². The molecular weight excluding hydrogens is 261 g/mol. The molecular formula is C16H17ClFN. The van der Waals surface area contributed by atoms with Crippen LogP contribution in [0.1, 0.15) is 30.9 Å². The van der Waals surface area contributed by atoms with E-state index in [-0.39, 0.29) is 10.8 Å². The van der Waals surface area contributed by atoms with E-state index in [4.69, 9.17) is 11.6 Å². The normalized spacial score (nSPS) is 10.8. The summed E-state index contributed by atoms with van der Waals surface area (Å²) in [5, 5.41) is 3.52. The second-order valence-electron chi connectivity index (χ2n) is 4.81. The Hall–Kier alpha value is -1.54. The Labute approximate surface area is 118 Å². The van der Waals surface area contributed by atoms with E-state index in [0.29, 0.717) is 12.5 Å². The predicted octanol–water partition coefficient (Wildman–Crippen LogP) is 5.21. The van der Waals surface area contributed by atoms with E-state index in [1.54, 1.807) is 6.07 Å². The minimum absolute atomic E-state index is 0.192. The highest BCUT2D eigenvalue weighted by atomic mass is 35.5. The number of benzene rings is 2. The van der Waals surface area contributed by atoms with Gasteiger partial charge in [0.2, 0.25) is 0 Å². The van der Waals surface area contributed by atoms with Crippen molar-refractivity contribution in [1.29, 1.82) is 0 Å². The molecule has 2 rings (SSSR count). The van der Waals surface area contributed by atoms with Crippen LogP contribution < -0.4 is 5.32 Å². The molecule has 0 bridgehead atoms. The van der Waals surface area contributed by atoms with Crippen LogP contribution in [-0.2, 0) is 6.54 Å².